The molecule has 0 aromatic carbocycles. The van der Waals surface area contributed by atoms with Gasteiger partial charge in [-0.1, -0.05) is 13.3 Å². The maximum Gasteiger partial charge on any atom is 0.0701 e. The van der Waals surface area contributed by atoms with Crippen LogP contribution in [0.2, 0.25) is 0 Å². The van der Waals surface area contributed by atoms with Crippen molar-refractivity contribution in [3.8, 4) is 0 Å². The highest BCUT2D eigenvalue weighted by Gasteiger charge is 1.84. The molecule has 0 aliphatic carbocycles. The Morgan fingerprint density at radius 2 is 1.25 bits per heavy atom. The van der Waals surface area contributed by atoms with Crippen LogP contribution in [-0.2, 0) is 18.9 Å². The molecule has 4 heteroatoms. The van der Waals surface area contributed by atoms with Crippen LogP contribution in [0.5, 0.6) is 0 Å². The first-order valence-corrected chi connectivity index (χ1v) is 5.96. The molecule has 0 fully saturated rings. The molecular weight excluding hydrogens is 208 g/mol. The van der Waals surface area contributed by atoms with Gasteiger partial charge in [0.15, 0.2) is 0 Å². The summed E-state index contributed by atoms with van der Waals surface area (Å²) in [6.07, 6.45) is 2.44. The van der Waals surface area contributed by atoms with Crippen LogP contribution < -0.4 is 0 Å². The molecule has 0 rings (SSSR count). The smallest absolute Gasteiger partial charge is 0.0701 e. The van der Waals surface area contributed by atoms with E-state index < -0.39 is 0 Å². The van der Waals surface area contributed by atoms with E-state index in [9.17, 15) is 0 Å². The van der Waals surface area contributed by atoms with E-state index >= 15 is 0 Å². The summed E-state index contributed by atoms with van der Waals surface area (Å²) in [7, 11) is 3.30. The van der Waals surface area contributed by atoms with Crippen LogP contribution >= 0.6 is 0 Å². The number of hydrogen-bond acceptors (Lipinski definition) is 4. The summed E-state index contributed by atoms with van der Waals surface area (Å²) in [5, 5.41) is 0. The van der Waals surface area contributed by atoms with E-state index in [-0.39, 0.29) is 0 Å². The molecule has 0 saturated heterocycles. The van der Waals surface area contributed by atoms with Crippen molar-refractivity contribution in [1.82, 2.24) is 0 Å². The van der Waals surface area contributed by atoms with Gasteiger partial charge in [0.05, 0.1) is 26.4 Å². The van der Waals surface area contributed by atoms with Crippen molar-refractivity contribution in [2.24, 2.45) is 0 Å². The number of unbranched alkanes of at least 4 members (excludes halogenated alkanes) is 1. The lowest BCUT2D eigenvalue weighted by atomic mass is 10.4. The summed E-state index contributed by atoms with van der Waals surface area (Å²) in [5.41, 5.74) is 0. The van der Waals surface area contributed by atoms with Gasteiger partial charge in [-0.3, -0.25) is 0 Å². The van der Waals surface area contributed by atoms with Crippen LogP contribution in [0.15, 0.2) is 0 Å². The number of methoxy groups -OCH3 is 2. The van der Waals surface area contributed by atoms with E-state index in [2.05, 4.69) is 6.92 Å². The first kappa shape index (κ1) is 18.2. The van der Waals surface area contributed by atoms with Crippen LogP contribution in [0.3, 0.4) is 0 Å². The lowest BCUT2D eigenvalue weighted by molar-refractivity contribution is 0.0385. The molecular formula is C12H28O4. The van der Waals surface area contributed by atoms with Crippen LogP contribution in [0.1, 0.15) is 26.7 Å². The van der Waals surface area contributed by atoms with Gasteiger partial charge in [0.2, 0.25) is 0 Å². The standard InChI is InChI=1S/C6H14O3.C6H14O/c1-7-3-5-9-6-4-8-2;1-3-5-6-7-4-2/h3-6H2,1-2H3;3-6H2,1-2H3. The van der Waals surface area contributed by atoms with Gasteiger partial charge >= 0.3 is 0 Å². The minimum Gasteiger partial charge on any atom is -0.382 e. The largest absolute Gasteiger partial charge is 0.382 e. The molecule has 0 atom stereocenters. The van der Waals surface area contributed by atoms with Crippen LogP contribution in [0.4, 0.5) is 0 Å². The summed E-state index contributed by atoms with van der Waals surface area (Å²) in [6.45, 7) is 8.61. The van der Waals surface area contributed by atoms with E-state index in [1.807, 2.05) is 6.92 Å². The Labute approximate surface area is 100 Å². The number of ether oxygens (including phenoxy) is 4. The Bertz CT molecular complexity index is 89.0. The molecule has 0 aliphatic rings. The second-order valence-corrected chi connectivity index (χ2v) is 3.15. The molecule has 16 heavy (non-hydrogen) atoms. The molecule has 0 aliphatic heterocycles. The topological polar surface area (TPSA) is 36.9 Å². The minimum absolute atomic E-state index is 0.653. The third kappa shape index (κ3) is 23.6. The molecule has 0 saturated carbocycles. The van der Waals surface area contributed by atoms with Gasteiger partial charge in [-0.25, -0.2) is 0 Å². The molecule has 0 bridgehead atoms. The van der Waals surface area contributed by atoms with Gasteiger partial charge < -0.3 is 18.9 Å². The summed E-state index contributed by atoms with van der Waals surface area (Å²) >= 11 is 0. The Balaban J connectivity index is 0. The summed E-state index contributed by atoms with van der Waals surface area (Å²) < 4.78 is 19.7. The monoisotopic (exact) mass is 236 g/mol. The van der Waals surface area contributed by atoms with Gasteiger partial charge in [0.1, 0.15) is 0 Å². The fraction of sp³-hybridized carbons (Fsp3) is 1.00. The maximum atomic E-state index is 5.07. The van der Waals surface area contributed by atoms with Crippen molar-refractivity contribution >= 4 is 0 Å². The van der Waals surface area contributed by atoms with E-state index in [0.717, 1.165) is 13.2 Å². The van der Waals surface area contributed by atoms with Crippen LogP contribution in [0.25, 0.3) is 0 Å². The fourth-order valence-electron chi connectivity index (χ4n) is 0.777. The SMILES string of the molecule is CCCCOCC.COCCOCCOC. The average molecular weight is 236 g/mol. The van der Waals surface area contributed by atoms with E-state index in [1.54, 1.807) is 14.2 Å². The molecule has 0 radical (unpaired) electrons. The van der Waals surface area contributed by atoms with Gasteiger partial charge in [-0.2, -0.15) is 0 Å². The predicted molar refractivity (Wildman–Crippen MR) is 66.0 cm³/mol. The van der Waals surface area contributed by atoms with Crippen molar-refractivity contribution in [3.05, 3.63) is 0 Å². The lowest BCUT2D eigenvalue weighted by Gasteiger charge is -2.00. The fourth-order valence-corrected chi connectivity index (χ4v) is 0.777. The third-order valence-corrected chi connectivity index (χ3v) is 1.71. The summed E-state index contributed by atoms with van der Waals surface area (Å²) in [4.78, 5) is 0. The highest BCUT2D eigenvalue weighted by molar-refractivity contribution is 4.28. The Morgan fingerprint density at radius 1 is 0.688 bits per heavy atom. The first-order chi connectivity index (χ1) is 7.83. The molecule has 0 spiro atoms. The molecule has 4 nitrogen and oxygen atoms in total. The summed E-state index contributed by atoms with van der Waals surface area (Å²) in [6, 6.07) is 0. The zero-order valence-corrected chi connectivity index (χ0v) is 11.3. The molecule has 0 heterocycles. The highest BCUT2D eigenvalue weighted by Crippen LogP contribution is 1.85. The number of hydrogen-bond donors (Lipinski definition) is 0. The Kier molecular flexibility index (Phi) is 23.1. The van der Waals surface area contributed by atoms with Crippen molar-refractivity contribution in [3.63, 3.8) is 0 Å². The molecule has 0 N–H and O–H groups in total. The van der Waals surface area contributed by atoms with E-state index in [0.29, 0.717) is 26.4 Å². The zero-order valence-electron chi connectivity index (χ0n) is 11.3. The normalized spacial score (nSPS) is 9.75. The molecule has 0 amide bonds. The first-order valence-electron chi connectivity index (χ1n) is 5.96. The molecule has 0 unspecified atom stereocenters. The van der Waals surface area contributed by atoms with Gasteiger partial charge in [-0.05, 0) is 13.3 Å². The van der Waals surface area contributed by atoms with Gasteiger partial charge in [-0.15, -0.1) is 0 Å². The molecule has 0 aromatic heterocycles. The molecule has 100 valence electrons. The average Bonchev–Trinajstić information content (AvgIpc) is 2.31. The Hall–Kier alpha value is -0.160. The number of rotatable bonds is 10. The minimum atomic E-state index is 0.653. The molecule has 0 aromatic rings. The van der Waals surface area contributed by atoms with Gasteiger partial charge in [0.25, 0.3) is 0 Å². The van der Waals surface area contributed by atoms with E-state index in [4.69, 9.17) is 18.9 Å². The lowest BCUT2D eigenvalue weighted by Crippen LogP contribution is -2.06. The van der Waals surface area contributed by atoms with Crippen molar-refractivity contribution in [2.75, 3.05) is 53.9 Å². The van der Waals surface area contributed by atoms with E-state index in [1.165, 1.54) is 12.8 Å². The Morgan fingerprint density at radius 3 is 1.62 bits per heavy atom. The zero-order chi connectivity index (χ0) is 12.5. The van der Waals surface area contributed by atoms with Crippen molar-refractivity contribution in [1.29, 1.82) is 0 Å². The third-order valence-electron chi connectivity index (χ3n) is 1.71. The summed E-state index contributed by atoms with van der Waals surface area (Å²) in [5.74, 6) is 0. The highest BCUT2D eigenvalue weighted by atomic mass is 16.5. The predicted octanol–water partition coefficient (Wildman–Crippen LogP) is 2.12. The van der Waals surface area contributed by atoms with Gasteiger partial charge in [0, 0.05) is 27.4 Å². The maximum absolute atomic E-state index is 5.07. The van der Waals surface area contributed by atoms with Crippen molar-refractivity contribution < 1.29 is 18.9 Å². The van der Waals surface area contributed by atoms with Crippen LogP contribution in [-0.4, -0.2) is 53.9 Å². The quantitative estimate of drug-likeness (QED) is 0.544. The van der Waals surface area contributed by atoms with Crippen molar-refractivity contribution in [2.45, 2.75) is 26.7 Å². The van der Waals surface area contributed by atoms with Crippen LogP contribution in [0, 0.1) is 0 Å². The second-order valence-electron chi connectivity index (χ2n) is 3.15. The second kappa shape index (κ2) is 20.3.